The number of carbonyl (C=O) groups excluding carboxylic acids is 1. The van der Waals surface area contributed by atoms with Gasteiger partial charge in [-0.25, -0.2) is 0 Å². The lowest BCUT2D eigenvalue weighted by molar-refractivity contribution is -0.134. The van der Waals surface area contributed by atoms with E-state index in [0.29, 0.717) is 17.6 Å². The summed E-state index contributed by atoms with van der Waals surface area (Å²) in [5.74, 6) is 1.13. The molecule has 13 heavy (non-hydrogen) atoms. The van der Waals surface area contributed by atoms with Crippen LogP contribution in [0.15, 0.2) is 0 Å². The van der Waals surface area contributed by atoms with E-state index in [9.17, 15) is 4.79 Å². The molecule has 0 unspecified atom stereocenters. The molecule has 1 nitrogen and oxygen atoms in total. The molecule has 76 valence electrons. The first-order chi connectivity index (χ1) is 6.05. The number of hydrogen-bond donors (Lipinski definition) is 0. The van der Waals surface area contributed by atoms with Crippen LogP contribution in [-0.2, 0) is 4.79 Å². The van der Waals surface area contributed by atoms with Gasteiger partial charge in [-0.1, -0.05) is 58.5 Å². The monoisotopic (exact) mass is 310 g/mol. The average molecular weight is 312 g/mol. The van der Waals surface area contributed by atoms with Crippen molar-refractivity contribution in [1.29, 1.82) is 0 Å². The number of Topliss-reactive ketones (excluding diaryl/α,β-unsaturated/α-hetero) is 1. The van der Waals surface area contributed by atoms with Crippen molar-refractivity contribution >= 4 is 37.6 Å². The number of ketones is 1. The summed E-state index contributed by atoms with van der Waals surface area (Å²) in [6.45, 7) is 4.31. The van der Waals surface area contributed by atoms with Gasteiger partial charge in [0.2, 0.25) is 0 Å². The lowest BCUT2D eigenvalue weighted by atomic mass is 9.68. The molecule has 3 heteroatoms. The largest absolute Gasteiger partial charge is 0.297 e. The molecule has 1 rings (SSSR count). The zero-order chi connectivity index (χ0) is 10.1. The van der Waals surface area contributed by atoms with Crippen molar-refractivity contribution in [1.82, 2.24) is 0 Å². The molecule has 1 saturated carbocycles. The third-order valence-corrected chi connectivity index (χ3v) is 4.77. The van der Waals surface area contributed by atoms with Crippen molar-refractivity contribution < 1.29 is 4.79 Å². The predicted octanol–water partition coefficient (Wildman–Crippen LogP) is 3.89. The molecule has 0 radical (unpaired) electrons. The van der Waals surface area contributed by atoms with Crippen LogP contribution in [0.3, 0.4) is 0 Å². The van der Waals surface area contributed by atoms with Crippen LogP contribution in [0, 0.1) is 11.8 Å². The van der Waals surface area contributed by atoms with Crippen LogP contribution in [0.1, 0.15) is 39.5 Å². The first-order valence-corrected chi connectivity index (χ1v) is 6.56. The van der Waals surface area contributed by atoms with Crippen molar-refractivity contribution in [3.63, 3.8) is 0 Å². The molecule has 0 N–H and O–H groups in total. The molecule has 0 aliphatic heterocycles. The molecule has 0 spiro atoms. The normalized spacial score (nSPS) is 31.5. The molecule has 1 fully saturated rings. The van der Waals surface area contributed by atoms with Gasteiger partial charge >= 0.3 is 0 Å². The molecule has 0 amide bonds. The Bertz CT molecular complexity index is 201. The van der Waals surface area contributed by atoms with Gasteiger partial charge in [-0.2, -0.15) is 0 Å². The Morgan fingerprint density at radius 1 is 1.23 bits per heavy atom. The fourth-order valence-electron chi connectivity index (χ4n) is 2.11. The van der Waals surface area contributed by atoms with Crippen LogP contribution < -0.4 is 0 Å². The highest BCUT2D eigenvalue weighted by atomic mass is 79.9. The topological polar surface area (TPSA) is 17.1 Å². The predicted molar refractivity (Wildman–Crippen MR) is 62.4 cm³/mol. The molecule has 1 aliphatic carbocycles. The summed E-state index contributed by atoms with van der Waals surface area (Å²) in [5.41, 5.74) is 0. The molecule has 0 heterocycles. The second kappa shape index (κ2) is 4.43. The SMILES string of the molecule is CCC[C@@H]1[C@@H](CCC)C(=O)C1(Br)Br. The molecule has 0 aromatic rings. The van der Waals surface area contributed by atoms with E-state index in [1.807, 2.05) is 0 Å². The van der Waals surface area contributed by atoms with Gasteiger partial charge in [-0.3, -0.25) is 4.79 Å². The van der Waals surface area contributed by atoms with Crippen molar-refractivity contribution in [2.75, 3.05) is 0 Å². The first kappa shape index (κ1) is 11.7. The minimum atomic E-state index is -0.393. The van der Waals surface area contributed by atoms with Crippen LogP contribution in [-0.4, -0.2) is 9.02 Å². The molecule has 0 bridgehead atoms. The highest BCUT2D eigenvalue weighted by Gasteiger charge is 2.57. The van der Waals surface area contributed by atoms with Gasteiger partial charge in [-0.05, 0) is 12.8 Å². The van der Waals surface area contributed by atoms with E-state index in [2.05, 4.69) is 45.7 Å². The number of hydrogen-bond acceptors (Lipinski definition) is 1. The Hall–Kier alpha value is 0.630. The maximum atomic E-state index is 11.7. The lowest BCUT2D eigenvalue weighted by Gasteiger charge is -2.46. The fourth-order valence-corrected chi connectivity index (χ4v) is 3.79. The third-order valence-electron chi connectivity index (χ3n) is 2.82. The standard InChI is InChI=1S/C10H16Br2O/c1-3-5-7-8(6-4-2)10(11,12)9(7)13/h7-8H,3-6H2,1-2H3/t7-,8-/m1/s1. The first-order valence-electron chi connectivity index (χ1n) is 4.97. The highest BCUT2D eigenvalue weighted by Crippen LogP contribution is 2.54. The van der Waals surface area contributed by atoms with Gasteiger partial charge in [0.15, 0.2) is 5.78 Å². The van der Waals surface area contributed by atoms with E-state index in [0.717, 1.165) is 25.7 Å². The lowest BCUT2D eigenvalue weighted by Crippen LogP contribution is -2.55. The molecule has 0 saturated heterocycles. The maximum absolute atomic E-state index is 11.7. The highest BCUT2D eigenvalue weighted by molar-refractivity contribution is 9.26. The fraction of sp³-hybridized carbons (Fsp3) is 0.900. The molecular formula is C10H16Br2O. The quantitative estimate of drug-likeness (QED) is 0.720. The minimum Gasteiger partial charge on any atom is -0.297 e. The zero-order valence-corrected chi connectivity index (χ0v) is 11.3. The number of alkyl halides is 2. The summed E-state index contributed by atoms with van der Waals surface area (Å²) in [5, 5.41) is 0. The van der Waals surface area contributed by atoms with Crippen molar-refractivity contribution in [2.24, 2.45) is 11.8 Å². The summed E-state index contributed by atoms with van der Waals surface area (Å²) in [6, 6.07) is 0. The van der Waals surface area contributed by atoms with Crippen molar-refractivity contribution in [3.05, 3.63) is 0 Å². The second-order valence-electron chi connectivity index (χ2n) is 3.78. The molecule has 2 atom stereocenters. The van der Waals surface area contributed by atoms with Gasteiger partial charge in [0.25, 0.3) is 0 Å². The van der Waals surface area contributed by atoms with Crippen LogP contribution in [0.5, 0.6) is 0 Å². The number of carbonyl (C=O) groups is 1. The average Bonchev–Trinajstić information content (AvgIpc) is 2.10. The second-order valence-corrected chi connectivity index (χ2v) is 7.34. The minimum absolute atomic E-state index is 0.295. The third kappa shape index (κ3) is 2.01. The van der Waals surface area contributed by atoms with Gasteiger partial charge < -0.3 is 0 Å². The van der Waals surface area contributed by atoms with Gasteiger partial charge in [0.05, 0.1) is 0 Å². The summed E-state index contributed by atoms with van der Waals surface area (Å²) >= 11 is 6.95. The van der Waals surface area contributed by atoms with E-state index >= 15 is 0 Å². The van der Waals surface area contributed by atoms with Crippen LogP contribution in [0.2, 0.25) is 0 Å². The Morgan fingerprint density at radius 3 is 2.23 bits per heavy atom. The van der Waals surface area contributed by atoms with Crippen LogP contribution >= 0.6 is 31.9 Å². The Balaban J connectivity index is 2.61. The summed E-state index contributed by atoms with van der Waals surface area (Å²) in [4.78, 5) is 11.7. The summed E-state index contributed by atoms with van der Waals surface area (Å²) in [7, 11) is 0. The molecule has 0 aromatic heterocycles. The van der Waals surface area contributed by atoms with E-state index < -0.39 is 3.23 Å². The Morgan fingerprint density at radius 2 is 1.77 bits per heavy atom. The number of halogens is 2. The molecule has 1 aliphatic rings. The Labute approximate surface area is 96.9 Å². The summed E-state index contributed by atoms with van der Waals surface area (Å²) < 4.78 is -0.393. The summed E-state index contributed by atoms with van der Waals surface area (Å²) in [6.07, 6.45) is 4.43. The zero-order valence-electron chi connectivity index (χ0n) is 8.15. The molecule has 0 aromatic carbocycles. The number of rotatable bonds is 4. The van der Waals surface area contributed by atoms with E-state index in [1.165, 1.54) is 0 Å². The maximum Gasteiger partial charge on any atom is 0.163 e. The van der Waals surface area contributed by atoms with E-state index in [1.54, 1.807) is 0 Å². The Kier molecular flexibility index (Phi) is 3.99. The van der Waals surface area contributed by atoms with Crippen molar-refractivity contribution in [2.45, 2.75) is 42.8 Å². The molecular weight excluding hydrogens is 296 g/mol. The van der Waals surface area contributed by atoms with Gasteiger partial charge in [0.1, 0.15) is 3.23 Å². The van der Waals surface area contributed by atoms with E-state index in [4.69, 9.17) is 0 Å². The van der Waals surface area contributed by atoms with Crippen molar-refractivity contribution in [3.8, 4) is 0 Å². The smallest absolute Gasteiger partial charge is 0.163 e. The van der Waals surface area contributed by atoms with Crippen LogP contribution in [0.25, 0.3) is 0 Å². The van der Waals surface area contributed by atoms with Gasteiger partial charge in [0, 0.05) is 11.8 Å². The van der Waals surface area contributed by atoms with E-state index in [-0.39, 0.29) is 0 Å². The van der Waals surface area contributed by atoms with Crippen LogP contribution in [0.4, 0.5) is 0 Å². The van der Waals surface area contributed by atoms with Gasteiger partial charge in [-0.15, -0.1) is 0 Å².